The number of anilines is 1. The molecule has 0 spiro atoms. The van der Waals surface area contributed by atoms with Crippen molar-refractivity contribution in [1.82, 2.24) is 4.98 Å². The number of nitrogen functional groups attached to an aromatic ring is 1. The lowest BCUT2D eigenvalue weighted by atomic mass is 10.1. The van der Waals surface area contributed by atoms with Gasteiger partial charge in [-0.2, -0.15) is 0 Å². The van der Waals surface area contributed by atoms with Crippen LogP contribution in [0.2, 0.25) is 0 Å². The second-order valence-electron chi connectivity index (χ2n) is 3.24. The number of aromatic nitrogens is 1. The van der Waals surface area contributed by atoms with E-state index in [1.165, 1.54) is 10.1 Å². The van der Waals surface area contributed by atoms with Crippen LogP contribution in [0.5, 0.6) is 0 Å². The maximum atomic E-state index is 5.68. The summed E-state index contributed by atoms with van der Waals surface area (Å²) in [7, 11) is 0. The number of nitrogens with two attached hydrogens (primary N) is 1. The van der Waals surface area contributed by atoms with Gasteiger partial charge in [0.25, 0.3) is 0 Å². The molecule has 0 aliphatic rings. The normalized spacial score (nSPS) is 11.1. The van der Waals surface area contributed by atoms with Crippen LogP contribution >= 0.6 is 11.3 Å². The molecule has 3 heteroatoms. The Labute approximate surface area is 85.0 Å². The van der Waals surface area contributed by atoms with Crippen molar-refractivity contribution >= 4 is 38.0 Å². The predicted octanol–water partition coefficient (Wildman–Crippen LogP) is 3.03. The van der Waals surface area contributed by atoms with Gasteiger partial charge >= 0.3 is 0 Å². The molecule has 3 aromatic rings. The third-order valence-corrected chi connectivity index (χ3v) is 3.18. The van der Waals surface area contributed by atoms with Crippen LogP contribution in [0.3, 0.4) is 0 Å². The third kappa shape index (κ3) is 0.992. The summed E-state index contributed by atoms with van der Waals surface area (Å²) in [6.45, 7) is 0. The van der Waals surface area contributed by atoms with E-state index in [1.807, 2.05) is 6.07 Å². The van der Waals surface area contributed by atoms with Gasteiger partial charge < -0.3 is 5.73 Å². The number of pyridine rings is 1. The highest BCUT2D eigenvalue weighted by Gasteiger charge is 2.02. The molecule has 2 heterocycles. The molecule has 0 aliphatic heterocycles. The monoisotopic (exact) mass is 200 g/mol. The van der Waals surface area contributed by atoms with Crippen LogP contribution in [0, 0.1) is 0 Å². The molecule has 0 amide bonds. The summed E-state index contributed by atoms with van der Waals surface area (Å²) in [5, 5.41) is 4.41. The van der Waals surface area contributed by atoms with Crippen molar-refractivity contribution in [3.63, 3.8) is 0 Å². The van der Waals surface area contributed by atoms with E-state index >= 15 is 0 Å². The van der Waals surface area contributed by atoms with Gasteiger partial charge in [0, 0.05) is 15.5 Å². The first-order chi connectivity index (χ1) is 6.84. The Balaban J connectivity index is 2.57. The van der Waals surface area contributed by atoms with Crippen molar-refractivity contribution in [2.24, 2.45) is 0 Å². The summed E-state index contributed by atoms with van der Waals surface area (Å²) < 4.78 is 1.27. The Morgan fingerprint density at radius 1 is 1.21 bits per heavy atom. The Morgan fingerprint density at radius 2 is 2.14 bits per heavy atom. The van der Waals surface area contributed by atoms with Crippen LogP contribution in [0.1, 0.15) is 0 Å². The van der Waals surface area contributed by atoms with Gasteiger partial charge in [-0.1, -0.05) is 6.07 Å². The molecule has 2 nitrogen and oxygen atoms in total. The van der Waals surface area contributed by atoms with E-state index in [0.29, 0.717) is 5.69 Å². The summed E-state index contributed by atoms with van der Waals surface area (Å²) in [5.41, 5.74) is 7.44. The largest absolute Gasteiger partial charge is 0.397 e. The van der Waals surface area contributed by atoms with E-state index in [1.54, 1.807) is 17.5 Å². The highest BCUT2D eigenvalue weighted by atomic mass is 32.1. The van der Waals surface area contributed by atoms with Gasteiger partial charge in [-0.15, -0.1) is 11.3 Å². The number of thiophene rings is 1. The zero-order valence-corrected chi connectivity index (χ0v) is 8.21. The average Bonchev–Trinajstić information content (AvgIpc) is 2.65. The second kappa shape index (κ2) is 2.69. The van der Waals surface area contributed by atoms with Crippen molar-refractivity contribution in [3.05, 3.63) is 35.8 Å². The molecule has 0 bridgehead atoms. The van der Waals surface area contributed by atoms with Gasteiger partial charge in [0.2, 0.25) is 0 Å². The minimum absolute atomic E-state index is 0.715. The summed E-state index contributed by atoms with van der Waals surface area (Å²) in [4.78, 5) is 4.36. The molecular formula is C11H8N2S. The second-order valence-corrected chi connectivity index (χ2v) is 4.19. The zero-order chi connectivity index (χ0) is 9.54. The molecule has 0 aliphatic carbocycles. The molecule has 0 radical (unpaired) electrons. The summed E-state index contributed by atoms with van der Waals surface area (Å²) in [6, 6.07) is 8.24. The number of hydrogen-bond donors (Lipinski definition) is 1. The van der Waals surface area contributed by atoms with Gasteiger partial charge in [-0.3, -0.25) is 4.98 Å². The summed E-state index contributed by atoms with van der Waals surface area (Å²) in [6.07, 6.45) is 1.71. The predicted molar refractivity (Wildman–Crippen MR) is 61.5 cm³/mol. The quantitative estimate of drug-likeness (QED) is 0.605. The van der Waals surface area contributed by atoms with Crippen LogP contribution < -0.4 is 5.73 Å². The van der Waals surface area contributed by atoms with Crippen molar-refractivity contribution in [3.8, 4) is 0 Å². The van der Waals surface area contributed by atoms with Gasteiger partial charge in [-0.25, -0.2) is 0 Å². The van der Waals surface area contributed by atoms with Crippen LogP contribution in [0.25, 0.3) is 21.0 Å². The highest BCUT2D eigenvalue weighted by Crippen LogP contribution is 2.28. The molecule has 1 aromatic carbocycles. The minimum atomic E-state index is 0.715. The fourth-order valence-electron chi connectivity index (χ4n) is 1.66. The number of benzene rings is 1. The van der Waals surface area contributed by atoms with Gasteiger partial charge in [0.1, 0.15) is 0 Å². The number of rotatable bonds is 0. The molecule has 3 rings (SSSR count). The van der Waals surface area contributed by atoms with Crippen LogP contribution in [-0.4, -0.2) is 4.98 Å². The van der Waals surface area contributed by atoms with Crippen molar-refractivity contribution in [2.75, 3.05) is 5.73 Å². The van der Waals surface area contributed by atoms with Gasteiger partial charge in [0.05, 0.1) is 17.4 Å². The Morgan fingerprint density at radius 3 is 3.07 bits per heavy atom. The van der Waals surface area contributed by atoms with E-state index < -0.39 is 0 Å². The fraction of sp³-hybridized carbons (Fsp3) is 0. The molecule has 0 saturated heterocycles. The topological polar surface area (TPSA) is 38.9 Å². The minimum Gasteiger partial charge on any atom is -0.397 e. The highest BCUT2D eigenvalue weighted by molar-refractivity contribution is 7.17. The molecule has 0 fully saturated rings. The smallest absolute Gasteiger partial charge is 0.0790 e. The molecule has 0 unspecified atom stereocenters. The summed E-state index contributed by atoms with van der Waals surface area (Å²) >= 11 is 1.74. The number of hydrogen-bond acceptors (Lipinski definition) is 3. The molecule has 2 aromatic heterocycles. The SMILES string of the molecule is Nc1cnc2c(ccc3sccc32)c1. The van der Waals surface area contributed by atoms with Crippen molar-refractivity contribution < 1.29 is 0 Å². The van der Waals surface area contributed by atoms with Crippen LogP contribution in [0.15, 0.2) is 35.8 Å². The lowest BCUT2D eigenvalue weighted by Crippen LogP contribution is -1.86. The number of nitrogens with zero attached hydrogens (tertiary/aromatic N) is 1. The van der Waals surface area contributed by atoms with E-state index in [0.717, 1.165) is 10.9 Å². The Kier molecular flexibility index (Phi) is 1.49. The first-order valence-electron chi connectivity index (χ1n) is 4.36. The zero-order valence-electron chi connectivity index (χ0n) is 7.40. The number of fused-ring (bicyclic) bond motifs is 3. The lowest BCUT2D eigenvalue weighted by molar-refractivity contribution is 1.43. The summed E-state index contributed by atoms with van der Waals surface area (Å²) in [5.74, 6) is 0. The van der Waals surface area contributed by atoms with Crippen molar-refractivity contribution in [1.29, 1.82) is 0 Å². The third-order valence-electron chi connectivity index (χ3n) is 2.30. The Hall–Kier alpha value is -1.61. The van der Waals surface area contributed by atoms with E-state index in [-0.39, 0.29) is 0 Å². The first-order valence-corrected chi connectivity index (χ1v) is 5.24. The van der Waals surface area contributed by atoms with Gasteiger partial charge in [-0.05, 0) is 23.6 Å². The molecule has 2 N–H and O–H groups in total. The lowest BCUT2D eigenvalue weighted by Gasteiger charge is -1.99. The Bertz CT molecular complexity index is 613. The van der Waals surface area contributed by atoms with E-state index in [4.69, 9.17) is 5.73 Å². The van der Waals surface area contributed by atoms with Crippen LogP contribution in [-0.2, 0) is 0 Å². The standard InChI is InChI=1S/C11H8N2S/c12-8-5-7-1-2-10-9(3-4-14-10)11(7)13-6-8/h1-6H,12H2. The van der Waals surface area contributed by atoms with Crippen molar-refractivity contribution in [2.45, 2.75) is 0 Å². The maximum absolute atomic E-state index is 5.68. The van der Waals surface area contributed by atoms with Gasteiger partial charge in [0.15, 0.2) is 0 Å². The first kappa shape index (κ1) is 7.76. The average molecular weight is 200 g/mol. The molecule has 0 atom stereocenters. The maximum Gasteiger partial charge on any atom is 0.0790 e. The molecule has 0 saturated carbocycles. The van der Waals surface area contributed by atoms with E-state index in [9.17, 15) is 0 Å². The molecular weight excluding hydrogens is 192 g/mol. The molecule has 68 valence electrons. The van der Waals surface area contributed by atoms with E-state index in [2.05, 4.69) is 28.6 Å². The molecule has 14 heavy (non-hydrogen) atoms. The van der Waals surface area contributed by atoms with Crippen LogP contribution in [0.4, 0.5) is 5.69 Å². The fourth-order valence-corrected chi connectivity index (χ4v) is 2.45.